The van der Waals surface area contributed by atoms with Gasteiger partial charge in [-0.2, -0.15) is 0 Å². The van der Waals surface area contributed by atoms with Crippen LogP contribution in [0.3, 0.4) is 0 Å². The van der Waals surface area contributed by atoms with Crippen LogP contribution in [0.25, 0.3) is 0 Å². The maximum absolute atomic E-state index is 12.9. The Morgan fingerprint density at radius 1 is 0.256 bits per heavy atom. The second kappa shape index (κ2) is 68.3. The fourth-order valence-electron chi connectivity index (χ4n) is 8.55. The maximum atomic E-state index is 12.9. The molecule has 6 heteroatoms. The van der Waals surface area contributed by atoms with Crippen molar-refractivity contribution >= 4 is 17.9 Å². The first-order chi connectivity index (χ1) is 40.5. The lowest BCUT2D eigenvalue weighted by molar-refractivity contribution is -0.167. The molecule has 0 aliphatic carbocycles. The Morgan fingerprint density at radius 2 is 0.488 bits per heavy atom. The van der Waals surface area contributed by atoms with Gasteiger partial charge in [0, 0.05) is 19.3 Å². The molecule has 0 bridgehead atoms. The van der Waals surface area contributed by atoms with Gasteiger partial charge in [0.15, 0.2) is 6.10 Å². The van der Waals surface area contributed by atoms with Gasteiger partial charge in [-0.25, -0.2) is 0 Å². The van der Waals surface area contributed by atoms with E-state index in [0.29, 0.717) is 19.3 Å². The standard InChI is InChI=1S/C76H120O6/c1-4-7-10-13-16-19-22-25-28-31-33-34-35-36-37-38-39-40-41-42-43-46-48-51-54-57-60-63-66-69-75(78)81-72-73(71-80-74(77)68-65-62-59-56-53-50-47-44-30-27-24-21-18-15-12-9-6-3)82-76(79)70-67-64-61-58-55-52-49-45-32-29-26-23-20-17-14-11-8-5-2/h7,9-10,12,16,18-21,23,25,27-30,32-34,36-37,39-40,42-43,47,50,56,59,73H,4-6,8,11,13-15,17,22,24,26,31,35,38,41,44-46,48-49,51-55,57-58,60-72H2,1-3H3/b10-7-,12-9-,19-16-,21-18-,23-20-,28-25-,30-27-,32-29-,34-33-,37-36-,40-39-,43-42-,50-47-,59-56-. The number of rotatable bonds is 58. The minimum absolute atomic E-state index is 0.112. The zero-order chi connectivity index (χ0) is 59.2. The fraction of sp³-hybridized carbons (Fsp3) is 0.592. The van der Waals surface area contributed by atoms with E-state index >= 15 is 0 Å². The Morgan fingerprint density at radius 3 is 0.793 bits per heavy atom. The van der Waals surface area contributed by atoms with Gasteiger partial charge in [0.1, 0.15) is 13.2 Å². The summed E-state index contributed by atoms with van der Waals surface area (Å²) in [4.78, 5) is 38.4. The van der Waals surface area contributed by atoms with Gasteiger partial charge in [-0.05, 0) is 148 Å². The summed E-state index contributed by atoms with van der Waals surface area (Å²) < 4.78 is 16.9. The van der Waals surface area contributed by atoms with Crippen molar-refractivity contribution in [1.82, 2.24) is 0 Å². The molecule has 0 N–H and O–H groups in total. The molecule has 0 aliphatic rings. The molecular formula is C76H120O6. The van der Waals surface area contributed by atoms with Gasteiger partial charge in [-0.15, -0.1) is 0 Å². The van der Waals surface area contributed by atoms with E-state index in [1.807, 2.05) is 0 Å². The summed E-state index contributed by atoms with van der Waals surface area (Å²) in [5, 5.41) is 0. The molecule has 1 atom stereocenters. The average molecular weight is 1130 g/mol. The fourth-order valence-corrected chi connectivity index (χ4v) is 8.55. The second-order valence-corrected chi connectivity index (χ2v) is 21.3. The Kier molecular flexibility index (Phi) is 63.9. The average Bonchev–Trinajstić information content (AvgIpc) is 3.47. The maximum Gasteiger partial charge on any atom is 0.306 e. The van der Waals surface area contributed by atoms with E-state index in [-0.39, 0.29) is 37.5 Å². The number of esters is 3. The Bertz CT molecular complexity index is 1870. The highest BCUT2D eigenvalue weighted by Gasteiger charge is 2.19. The number of carbonyl (C=O) groups excluding carboxylic acids is 3. The predicted octanol–water partition coefficient (Wildman–Crippen LogP) is 23.0. The molecule has 0 amide bonds. The van der Waals surface area contributed by atoms with Crippen molar-refractivity contribution in [3.05, 3.63) is 170 Å². The van der Waals surface area contributed by atoms with E-state index < -0.39 is 6.10 Å². The summed E-state index contributed by atoms with van der Waals surface area (Å²) in [6.07, 6.45) is 101. The minimum Gasteiger partial charge on any atom is -0.462 e. The Labute approximate surface area is 504 Å². The predicted molar refractivity (Wildman–Crippen MR) is 357 cm³/mol. The monoisotopic (exact) mass is 1130 g/mol. The highest BCUT2D eigenvalue weighted by atomic mass is 16.6. The summed E-state index contributed by atoms with van der Waals surface area (Å²) in [7, 11) is 0. The summed E-state index contributed by atoms with van der Waals surface area (Å²) in [6, 6.07) is 0. The molecule has 0 saturated heterocycles. The minimum atomic E-state index is -0.821. The van der Waals surface area contributed by atoms with Gasteiger partial charge in [0.2, 0.25) is 0 Å². The van der Waals surface area contributed by atoms with Gasteiger partial charge in [0.25, 0.3) is 0 Å². The topological polar surface area (TPSA) is 78.9 Å². The van der Waals surface area contributed by atoms with Crippen LogP contribution in [0.5, 0.6) is 0 Å². The highest BCUT2D eigenvalue weighted by Crippen LogP contribution is 2.14. The summed E-state index contributed by atoms with van der Waals surface area (Å²) >= 11 is 0. The third-order valence-electron chi connectivity index (χ3n) is 13.4. The SMILES string of the molecule is CC/C=C\C/C=C\C/C=C\C/C=C\C/C=C\C/C=C\C/C=C\CCCCCCCCCC(=O)OCC(COC(=O)CCC/C=C\C/C=C\C/C=C\C/C=C\C/C=C\CC)OC(=O)CCCCCCCCC/C=C\C/C=C\CCCCCC. The van der Waals surface area contributed by atoms with Crippen LogP contribution in [0.15, 0.2) is 170 Å². The van der Waals surface area contributed by atoms with Crippen LogP contribution >= 0.6 is 0 Å². The molecular weight excluding hydrogens is 1010 g/mol. The molecule has 6 nitrogen and oxygen atoms in total. The lowest BCUT2D eigenvalue weighted by Gasteiger charge is -2.18. The Balaban J connectivity index is 4.47. The van der Waals surface area contributed by atoms with Crippen molar-refractivity contribution in [2.45, 2.75) is 277 Å². The lowest BCUT2D eigenvalue weighted by atomic mass is 10.1. The number of carbonyl (C=O) groups is 3. The number of ether oxygens (including phenoxy) is 3. The molecule has 0 aromatic heterocycles. The van der Waals surface area contributed by atoms with Crippen molar-refractivity contribution in [1.29, 1.82) is 0 Å². The van der Waals surface area contributed by atoms with Gasteiger partial charge >= 0.3 is 17.9 Å². The van der Waals surface area contributed by atoms with Crippen LogP contribution < -0.4 is 0 Å². The first-order valence-corrected chi connectivity index (χ1v) is 33.1. The summed E-state index contributed by atoms with van der Waals surface area (Å²) in [5.41, 5.74) is 0. The normalized spacial score (nSPS) is 13.3. The zero-order valence-corrected chi connectivity index (χ0v) is 52.7. The number of hydrogen-bond acceptors (Lipinski definition) is 6. The molecule has 1 unspecified atom stereocenters. The van der Waals surface area contributed by atoms with Gasteiger partial charge in [0.05, 0.1) is 0 Å². The molecule has 0 rings (SSSR count). The third-order valence-corrected chi connectivity index (χ3v) is 13.4. The first kappa shape index (κ1) is 76.8. The van der Waals surface area contributed by atoms with E-state index in [0.717, 1.165) is 141 Å². The summed E-state index contributed by atoms with van der Waals surface area (Å²) in [6.45, 7) is 6.33. The molecule has 0 saturated carbocycles. The van der Waals surface area contributed by atoms with E-state index in [1.54, 1.807) is 0 Å². The molecule has 0 radical (unpaired) electrons. The molecule has 0 spiro atoms. The number of hydrogen-bond donors (Lipinski definition) is 0. The largest absolute Gasteiger partial charge is 0.462 e. The van der Waals surface area contributed by atoms with Crippen molar-refractivity contribution in [2.24, 2.45) is 0 Å². The Hall–Kier alpha value is -5.23. The molecule has 0 aliphatic heterocycles. The van der Waals surface area contributed by atoms with Crippen LogP contribution in [-0.4, -0.2) is 37.2 Å². The highest BCUT2D eigenvalue weighted by molar-refractivity contribution is 5.71. The molecule has 460 valence electrons. The van der Waals surface area contributed by atoms with E-state index in [4.69, 9.17) is 14.2 Å². The van der Waals surface area contributed by atoms with Crippen LogP contribution in [0, 0.1) is 0 Å². The summed E-state index contributed by atoms with van der Waals surface area (Å²) in [5.74, 6) is -0.993. The number of unbranched alkanes of at least 4 members (excludes halogenated alkanes) is 19. The molecule has 82 heavy (non-hydrogen) atoms. The first-order valence-electron chi connectivity index (χ1n) is 33.1. The van der Waals surface area contributed by atoms with Crippen molar-refractivity contribution in [2.75, 3.05) is 13.2 Å². The second-order valence-electron chi connectivity index (χ2n) is 21.3. The van der Waals surface area contributed by atoms with Crippen LogP contribution in [0.2, 0.25) is 0 Å². The lowest BCUT2D eigenvalue weighted by Crippen LogP contribution is -2.30. The van der Waals surface area contributed by atoms with E-state index in [9.17, 15) is 14.4 Å². The molecule has 0 fully saturated rings. The molecule has 0 aromatic carbocycles. The van der Waals surface area contributed by atoms with Crippen LogP contribution in [0.4, 0.5) is 0 Å². The third kappa shape index (κ3) is 65.6. The van der Waals surface area contributed by atoms with Crippen LogP contribution in [-0.2, 0) is 28.6 Å². The van der Waals surface area contributed by atoms with Gasteiger partial charge in [-0.1, -0.05) is 274 Å². The van der Waals surface area contributed by atoms with Crippen molar-refractivity contribution in [3.63, 3.8) is 0 Å². The zero-order valence-electron chi connectivity index (χ0n) is 52.7. The number of allylic oxidation sites excluding steroid dienone is 28. The van der Waals surface area contributed by atoms with E-state index in [2.05, 4.69) is 191 Å². The molecule has 0 heterocycles. The van der Waals surface area contributed by atoms with E-state index in [1.165, 1.54) is 83.5 Å². The van der Waals surface area contributed by atoms with Crippen molar-refractivity contribution < 1.29 is 28.6 Å². The van der Waals surface area contributed by atoms with Gasteiger partial charge < -0.3 is 14.2 Å². The molecule has 0 aromatic rings. The van der Waals surface area contributed by atoms with Crippen LogP contribution in [0.1, 0.15) is 271 Å². The quantitative estimate of drug-likeness (QED) is 0.0261. The smallest absolute Gasteiger partial charge is 0.306 e. The van der Waals surface area contributed by atoms with Gasteiger partial charge in [-0.3, -0.25) is 14.4 Å². The van der Waals surface area contributed by atoms with Crippen molar-refractivity contribution in [3.8, 4) is 0 Å².